The van der Waals surface area contributed by atoms with E-state index in [9.17, 15) is 23.6 Å². The number of carboxylic acid groups (broad SMARTS) is 1. The molecule has 1 aliphatic heterocycles. The summed E-state index contributed by atoms with van der Waals surface area (Å²) in [5.74, 6) is -3.23. The van der Waals surface area contributed by atoms with Gasteiger partial charge in [0.1, 0.15) is 18.4 Å². The van der Waals surface area contributed by atoms with Crippen LogP contribution < -0.4 is 4.74 Å². The number of nitriles is 1. The first kappa shape index (κ1) is 24.6. The molecule has 8 nitrogen and oxygen atoms in total. The normalized spacial score (nSPS) is 14.9. The maximum atomic E-state index is 14.7. The van der Waals surface area contributed by atoms with Crippen LogP contribution in [0, 0.1) is 23.0 Å². The molecule has 0 fully saturated rings. The number of carbonyl (C=O) groups is 2. The van der Waals surface area contributed by atoms with Gasteiger partial charge in [-0.05, 0) is 47.4 Å². The van der Waals surface area contributed by atoms with Crippen LogP contribution in [0.5, 0.6) is 5.75 Å². The third-order valence-corrected chi connectivity index (χ3v) is 5.57. The van der Waals surface area contributed by atoms with Gasteiger partial charge in [-0.1, -0.05) is 36.4 Å². The molecule has 36 heavy (non-hydrogen) atoms. The average molecular weight is 494 g/mol. The van der Waals surface area contributed by atoms with E-state index in [1.807, 2.05) is 12.1 Å². The van der Waals surface area contributed by atoms with E-state index in [2.05, 4.69) is 0 Å². The van der Waals surface area contributed by atoms with Crippen molar-refractivity contribution in [2.75, 3.05) is 13.2 Å². The Morgan fingerprint density at radius 2 is 1.86 bits per heavy atom. The second-order valence-electron chi connectivity index (χ2n) is 7.88. The highest BCUT2D eigenvalue weighted by molar-refractivity contribution is 5.68. The van der Waals surface area contributed by atoms with Gasteiger partial charge in [-0.2, -0.15) is 5.26 Å². The number of hydrogen-bond acceptors (Lipinski definition) is 7. The van der Waals surface area contributed by atoms with Crippen molar-refractivity contribution in [3.05, 3.63) is 100 Å². The van der Waals surface area contributed by atoms with Gasteiger partial charge in [0.05, 0.1) is 11.6 Å². The van der Waals surface area contributed by atoms with E-state index in [4.69, 9.17) is 19.4 Å². The number of ether oxygens (including phenoxy) is 2. The highest BCUT2D eigenvalue weighted by atomic mass is 19.2. The fraction of sp³-hybridized carbons (Fsp3) is 0.192. The first-order valence-corrected chi connectivity index (χ1v) is 10.9. The van der Waals surface area contributed by atoms with E-state index >= 15 is 0 Å². The summed E-state index contributed by atoms with van der Waals surface area (Å²) >= 11 is 0. The molecule has 0 aromatic heterocycles. The smallest absolute Gasteiger partial charge is 0.482 e. The number of fused-ring (bicyclic) bond motifs is 1. The Morgan fingerprint density at radius 3 is 2.58 bits per heavy atom. The molecule has 0 amide bonds. The molecular formula is C26H20F2N2O6. The van der Waals surface area contributed by atoms with Crippen LogP contribution in [0.1, 0.15) is 33.9 Å². The molecule has 3 aromatic rings. The predicted molar refractivity (Wildman–Crippen MR) is 121 cm³/mol. The van der Waals surface area contributed by atoms with E-state index in [1.165, 1.54) is 29.3 Å². The van der Waals surface area contributed by atoms with Crippen molar-refractivity contribution >= 4 is 12.1 Å². The van der Waals surface area contributed by atoms with Crippen molar-refractivity contribution in [2.45, 2.75) is 19.1 Å². The fourth-order valence-electron chi connectivity index (χ4n) is 3.99. The zero-order valence-electron chi connectivity index (χ0n) is 18.8. The van der Waals surface area contributed by atoms with E-state index in [0.717, 1.165) is 11.6 Å². The van der Waals surface area contributed by atoms with Crippen LogP contribution in [0.15, 0.2) is 60.7 Å². The van der Waals surface area contributed by atoms with E-state index in [0.29, 0.717) is 0 Å². The lowest BCUT2D eigenvalue weighted by molar-refractivity contribution is -0.153. The van der Waals surface area contributed by atoms with Crippen molar-refractivity contribution < 1.29 is 37.8 Å². The van der Waals surface area contributed by atoms with Crippen LogP contribution in [0.2, 0.25) is 0 Å². The summed E-state index contributed by atoms with van der Waals surface area (Å²) < 4.78 is 39.3. The lowest BCUT2D eigenvalue weighted by Gasteiger charge is -2.36. The van der Waals surface area contributed by atoms with Crippen molar-refractivity contribution in [2.24, 2.45) is 0 Å². The average Bonchev–Trinajstić information content (AvgIpc) is 2.89. The molecule has 1 atom stereocenters. The molecule has 3 aromatic carbocycles. The van der Waals surface area contributed by atoms with Crippen molar-refractivity contribution in [3.63, 3.8) is 0 Å². The minimum absolute atomic E-state index is 0.0185. The van der Waals surface area contributed by atoms with Gasteiger partial charge in [-0.25, -0.2) is 18.4 Å². The summed E-state index contributed by atoms with van der Waals surface area (Å²) in [6.45, 7) is -0.768. The number of rotatable bonds is 7. The Balaban J connectivity index is 1.70. The SMILES string of the molecule is N#Cc1ccc(OCC(=O)O)c(C2c3ccc(F)c(F)c3CCN2OC(=O)OCc2ccccc2)c1. The number of aliphatic carboxylic acids is 1. The Morgan fingerprint density at radius 1 is 1.08 bits per heavy atom. The van der Waals surface area contributed by atoms with Gasteiger partial charge >= 0.3 is 12.1 Å². The number of carbonyl (C=O) groups excluding carboxylic acids is 1. The molecule has 1 aliphatic rings. The molecule has 0 bridgehead atoms. The maximum absolute atomic E-state index is 14.7. The highest BCUT2D eigenvalue weighted by Crippen LogP contribution is 2.41. The number of hydrogen-bond donors (Lipinski definition) is 1. The zero-order chi connectivity index (χ0) is 25.7. The number of carboxylic acids is 1. The van der Waals surface area contributed by atoms with Gasteiger partial charge in [0.25, 0.3) is 0 Å². The Kier molecular flexibility index (Phi) is 7.42. The molecule has 0 saturated heterocycles. The lowest BCUT2D eigenvalue weighted by atomic mass is 9.88. The van der Waals surface area contributed by atoms with E-state index in [1.54, 1.807) is 24.3 Å². The van der Waals surface area contributed by atoms with Crippen LogP contribution >= 0.6 is 0 Å². The Labute approximate surface area is 204 Å². The van der Waals surface area contributed by atoms with E-state index < -0.39 is 36.4 Å². The topological polar surface area (TPSA) is 109 Å². The van der Waals surface area contributed by atoms with Crippen molar-refractivity contribution in [1.82, 2.24) is 5.06 Å². The third-order valence-electron chi connectivity index (χ3n) is 5.57. The Bertz CT molecular complexity index is 1330. The summed E-state index contributed by atoms with van der Waals surface area (Å²) in [5, 5.41) is 19.7. The van der Waals surface area contributed by atoms with Crippen LogP contribution in [0.4, 0.5) is 13.6 Å². The molecule has 0 aliphatic carbocycles. The quantitative estimate of drug-likeness (QED) is 0.478. The van der Waals surface area contributed by atoms with Gasteiger partial charge in [-0.15, -0.1) is 5.06 Å². The monoisotopic (exact) mass is 494 g/mol. The fourth-order valence-corrected chi connectivity index (χ4v) is 3.99. The molecule has 0 radical (unpaired) electrons. The van der Waals surface area contributed by atoms with Gasteiger partial charge in [0, 0.05) is 12.1 Å². The lowest BCUT2D eigenvalue weighted by Crippen LogP contribution is -2.39. The largest absolute Gasteiger partial charge is 0.528 e. The van der Waals surface area contributed by atoms with E-state index in [-0.39, 0.29) is 47.6 Å². The van der Waals surface area contributed by atoms with Gasteiger partial charge < -0.3 is 19.4 Å². The zero-order valence-corrected chi connectivity index (χ0v) is 18.8. The summed E-state index contributed by atoms with van der Waals surface area (Å²) in [6, 6.07) is 16.4. The Hall–Kier alpha value is -4.49. The van der Waals surface area contributed by atoms with Gasteiger partial charge in [-0.3, -0.25) is 0 Å². The van der Waals surface area contributed by atoms with Crippen LogP contribution in [0.3, 0.4) is 0 Å². The molecule has 0 saturated carbocycles. The van der Waals surface area contributed by atoms with Crippen molar-refractivity contribution in [3.8, 4) is 11.8 Å². The molecule has 0 spiro atoms. The number of benzene rings is 3. The summed E-state index contributed by atoms with van der Waals surface area (Å²) in [5.41, 5.74) is 1.51. The second-order valence-corrected chi connectivity index (χ2v) is 7.88. The summed E-state index contributed by atoms with van der Waals surface area (Å²) in [7, 11) is 0. The molecule has 1 N–H and O–H groups in total. The first-order valence-electron chi connectivity index (χ1n) is 10.9. The number of hydroxylamine groups is 2. The molecule has 1 heterocycles. The van der Waals surface area contributed by atoms with Crippen LogP contribution in [0.25, 0.3) is 0 Å². The molecule has 4 rings (SSSR count). The molecular weight excluding hydrogens is 474 g/mol. The standard InChI is InChI=1S/C26H20F2N2O6/c27-21-8-7-19-18(24(21)28)10-11-30(36-26(33)35-14-16-4-2-1-3-5-16)25(19)20-12-17(13-29)6-9-22(20)34-15-23(31)32/h1-9,12,25H,10-11,14-15H2,(H,31,32). The minimum Gasteiger partial charge on any atom is -0.482 e. The molecule has 184 valence electrons. The summed E-state index contributed by atoms with van der Waals surface area (Å²) in [4.78, 5) is 29.1. The molecule has 1 unspecified atom stereocenters. The second kappa shape index (κ2) is 10.8. The third kappa shape index (κ3) is 5.42. The van der Waals surface area contributed by atoms with Crippen LogP contribution in [-0.4, -0.2) is 35.4 Å². The van der Waals surface area contributed by atoms with Gasteiger partial charge in [0.15, 0.2) is 18.2 Å². The van der Waals surface area contributed by atoms with Gasteiger partial charge in [0.2, 0.25) is 0 Å². The number of nitrogens with zero attached hydrogens (tertiary/aromatic N) is 2. The van der Waals surface area contributed by atoms with Crippen molar-refractivity contribution in [1.29, 1.82) is 5.26 Å². The highest BCUT2D eigenvalue weighted by Gasteiger charge is 2.36. The first-order chi connectivity index (χ1) is 17.4. The maximum Gasteiger partial charge on any atom is 0.528 e. The predicted octanol–water partition coefficient (Wildman–Crippen LogP) is 4.52. The number of halogens is 2. The minimum atomic E-state index is -1.24. The molecule has 10 heteroatoms. The summed E-state index contributed by atoms with van der Waals surface area (Å²) in [6.07, 6.45) is -1.01. The van der Waals surface area contributed by atoms with Crippen LogP contribution in [-0.2, 0) is 27.4 Å².